The molecule has 2 aromatic rings. The summed E-state index contributed by atoms with van der Waals surface area (Å²) in [7, 11) is 0. The molecule has 27 heavy (non-hydrogen) atoms. The van der Waals surface area contributed by atoms with Crippen molar-refractivity contribution >= 4 is 33.5 Å². The minimum absolute atomic E-state index is 0.162. The second-order valence-corrected chi connectivity index (χ2v) is 8.59. The van der Waals surface area contributed by atoms with Gasteiger partial charge in [0.2, 0.25) is 0 Å². The van der Waals surface area contributed by atoms with Crippen molar-refractivity contribution in [2.45, 2.75) is 38.1 Å². The van der Waals surface area contributed by atoms with Crippen LogP contribution in [0.4, 0.5) is 10.6 Å². The molecule has 1 aliphatic heterocycles. The third-order valence-electron chi connectivity index (χ3n) is 6.06. The highest BCUT2D eigenvalue weighted by atomic mass is 32.1. The first-order chi connectivity index (χ1) is 13.2. The van der Waals surface area contributed by atoms with E-state index in [0.29, 0.717) is 0 Å². The van der Waals surface area contributed by atoms with E-state index in [1.807, 2.05) is 0 Å². The Bertz CT molecular complexity index is 764. The van der Waals surface area contributed by atoms with Crippen LogP contribution >= 0.6 is 11.5 Å². The number of carboxylic acid groups (broad SMARTS) is 1. The first-order valence-corrected chi connectivity index (χ1v) is 10.8. The number of fused-ring (bicyclic) bond motifs is 1. The molecule has 2 fully saturated rings. The molecule has 6 nitrogen and oxygen atoms in total. The van der Waals surface area contributed by atoms with Gasteiger partial charge in [0, 0.05) is 37.6 Å². The highest BCUT2D eigenvalue weighted by Gasteiger charge is 2.24. The lowest BCUT2D eigenvalue weighted by molar-refractivity contribution is 0.177. The molecule has 0 unspecified atom stereocenters. The molecule has 1 aromatic carbocycles. The van der Waals surface area contributed by atoms with Gasteiger partial charge in [0.05, 0.1) is 4.70 Å². The summed E-state index contributed by atoms with van der Waals surface area (Å²) < 4.78 is 5.96. The fourth-order valence-corrected chi connectivity index (χ4v) is 5.21. The van der Waals surface area contributed by atoms with Crippen LogP contribution in [-0.2, 0) is 0 Å². The largest absolute Gasteiger partial charge is 0.465 e. The Kier molecular flexibility index (Phi) is 5.78. The SMILES string of the molecule is O=C(O)NC1CCC(CCN2CCN(c3nsc4ccccc34)CC2)CC1. The van der Waals surface area contributed by atoms with Gasteiger partial charge in [-0.15, -0.1) is 0 Å². The molecule has 2 N–H and O–H groups in total. The van der Waals surface area contributed by atoms with E-state index in [-0.39, 0.29) is 6.04 Å². The molecule has 146 valence electrons. The van der Waals surface area contributed by atoms with Gasteiger partial charge in [-0.25, -0.2) is 4.79 Å². The average Bonchev–Trinajstić information content (AvgIpc) is 3.12. The van der Waals surface area contributed by atoms with Crippen LogP contribution in [-0.4, -0.2) is 59.2 Å². The van der Waals surface area contributed by atoms with Gasteiger partial charge >= 0.3 is 6.09 Å². The van der Waals surface area contributed by atoms with Crippen molar-refractivity contribution in [3.8, 4) is 0 Å². The maximum Gasteiger partial charge on any atom is 0.404 e. The second-order valence-electron chi connectivity index (χ2n) is 7.79. The Morgan fingerprint density at radius 2 is 1.89 bits per heavy atom. The van der Waals surface area contributed by atoms with Crippen LogP contribution in [0, 0.1) is 5.92 Å². The number of hydrogen-bond acceptors (Lipinski definition) is 5. The van der Waals surface area contributed by atoms with Crippen LogP contribution in [0.5, 0.6) is 0 Å². The number of nitrogens with zero attached hydrogens (tertiary/aromatic N) is 3. The van der Waals surface area contributed by atoms with Gasteiger partial charge in [-0.05, 0) is 68.2 Å². The van der Waals surface area contributed by atoms with E-state index in [9.17, 15) is 4.79 Å². The summed E-state index contributed by atoms with van der Waals surface area (Å²) in [5.41, 5.74) is 0. The Morgan fingerprint density at radius 3 is 2.63 bits per heavy atom. The minimum Gasteiger partial charge on any atom is -0.465 e. The maximum absolute atomic E-state index is 10.7. The molecule has 0 spiro atoms. The van der Waals surface area contributed by atoms with Gasteiger partial charge < -0.3 is 15.3 Å². The smallest absolute Gasteiger partial charge is 0.404 e. The van der Waals surface area contributed by atoms with Gasteiger partial charge in [-0.3, -0.25) is 4.90 Å². The second kappa shape index (κ2) is 8.44. The Labute approximate surface area is 164 Å². The van der Waals surface area contributed by atoms with Crippen molar-refractivity contribution in [2.75, 3.05) is 37.6 Å². The van der Waals surface area contributed by atoms with Crippen LogP contribution in [0.1, 0.15) is 32.1 Å². The van der Waals surface area contributed by atoms with Crippen LogP contribution in [0.15, 0.2) is 24.3 Å². The Balaban J connectivity index is 1.21. The maximum atomic E-state index is 10.7. The van der Waals surface area contributed by atoms with Crippen LogP contribution in [0.3, 0.4) is 0 Å². The lowest BCUT2D eigenvalue weighted by Crippen LogP contribution is -2.47. The normalized spacial score (nSPS) is 24.2. The number of aromatic nitrogens is 1. The van der Waals surface area contributed by atoms with E-state index in [4.69, 9.17) is 9.48 Å². The molecule has 7 heteroatoms. The van der Waals surface area contributed by atoms with Crippen molar-refractivity contribution in [2.24, 2.45) is 5.92 Å². The number of nitrogens with one attached hydrogen (secondary N) is 1. The average molecular weight is 389 g/mol. The van der Waals surface area contributed by atoms with Crippen LogP contribution in [0.2, 0.25) is 0 Å². The first-order valence-electron chi connectivity index (χ1n) is 10.0. The van der Waals surface area contributed by atoms with Crippen LogP contribution < -0.4 is 10.2 Å². The molecule has 0 bridgehead atoms. The van der Waals surface area contributed by atoms with E-state index >= 15 is 0 Å². The van der Waals surface area contributed by atoms with Gasteiger partial charge in [-0.2, -0.15) is 4.37 Å². The topological polar surface area (TPSA) is 68.7 Å². The van der Waals surface area contributed by atoms with Crippen LogP contribution in [0.25, 0.3) is 10.1 Å². The highest BCUT2D eigenvalue weighted by molar-refractivity contribution is 7.13. The number of piperazine rings is 1. The monoisotopic (exact) mass is 388 g/mol. The van der Waals surface area contributed by atoms with E-state index in [2.05, 4.69) is 39.4 Å². The number of amides is 1. The van der Waals surface area contributed by atoms with E-state index < -0.39 is 6.09 Å². The molecule has 4 rings (SSSR count). The third-order valence-corrected chi connectivity index (χ3v) is 6.88. The zero-order chi connectivity index (χ0) is 18.6. The van der Waals surface area contributed by atoms with Crippen molar-refractivity contribution in [3.63, 3.8) is 0 Å². The summed E-state index contributed by atoms with van der Waals surface area (Å²) in [6, 6.07) is 8.66. The van der Waals surface area contributed by atoms with E-state index in [1.165, 1.54) is 16.5 Å². The molecule has 2 heterocycles. The fourth-order valence-electron chi connectivity index (χ4n) is 4.42. The first kappa shape index (κ1) is 18.5. The molecule has 2 aliphatic rings. The quantitative estimate of drug-likeness (QED) is 0.819. The summed E-state index contributed by atoms with van der Waals surface area (Å²) in [6.07, 6.45) is 4.62. The van der Waals surface area contributed by atoms with E-state index in [0.717, 1.165) is 70.1 Å². The Hall–Kier alpha value is -1.86. The molecule has 1 aromatic heterocycles. The summed E-state index contributed by atoms with van der Waals surface area (Å²) in [6.45, 7) is 5.45. The lowest BCUT2D eigenvalue weighted by atomic mass is 9.84. The minimum atomic E-state index is -0.885. The van der Waals surface area contributed by atoms with Gasteiger partial charge in [0.15, 0.2) is 0 Å². The standard InChI is InChI=1S/C20H28N4O2S/c25-20(26)21-16-7-5-15(6-8-16)9-10-23-11-13-24(14-12-23)19-17-3-1-2-4-18(17)27-22-19/h1-4,15-16,21H,5-14H2,(H,25,26). The number of carbonyl (C=O) groups is 1. The number of hydrogen-bond donors (Lipinski definition) is 2. The number of benzene rings is 1. The van der Waals surface area contributed by atoms with Crippen molar-refractivity contribution in [1.82, 2.24) is 14.6 Å². The fraction of sp³-hybridized carbons (Fsp3) is 0.600. The summed E-state index contributed by atoms with van der Waals surface area (Å²) in [4.78, 5) is 15.7. The molecule has 1 amide bonds. The zero-order valence-corrected chi connectivity index (χ0v) is 16.5. The molecular weight excluding hydrogens is 360 g/mol. The summed E-state index contributed by atoms with van der Waals surface area (Å²) >= 11 is 1.59. The van der Waals surface area contributed by atoms with Crippen molar-refractivity contribution in [1.29, 1.82) is 0 Å². The van der Waals surface area contributed by atoms with E-state index in [1.54, 1.807) is 11.5 Å². The van der Waals surface area contributed by atoms with Crippen molar-refractivity contribution in [3.05, 3.63) is 24.3 Å². The Morgan fingerprint density at radius 1 is 1.15 bits per heavy atom. The highest BCUT2D eigenvalue weighted by Crippen LogP contribution is 2.30. The van der Waals surface area contributed by atoms with Gasteiger partial charge in [-0.1, -0.05) is 12.1 Å². The molecule has 1 saturated heterocycles. The molecule has 0 radical (unpaired) electrons. The third kappa shape index (κ3) is 4.52. The molecule has 0 atom stereocenters. The predicted molar refractivity (Wildman–Crippen MR) is 110 cm³/mol. The summed E-state index contributed by atoms with van der Waals surface area (Å²) in [5, 5.41) is 12.7. The zero-order valence-electron chi connectivity index (χ0n) is 15.6. The summed E-state index contributed by atoms with van der Waals surface area (Å²) in [5.74, 6) is 1.90. The van der Waals surface area contributed by atoms with Gasteiger partial charge in [0.1, 0.15) is 5.82 Å². The number of rotatable bonds is 5. The lowest BCUT2D eigenvalue weighted by Gasteiger charge is -2.36. The van der Waals surface area contributed by atoms with Crippen molar-refractivity contribution < 1.29 is 9.90 Å². The molecular formula is C20H28N4O2S. The number of anilines is 1. The molecule has 1 saturated carbocycles. The predicted octanol–water partition coefficient (Wildman–Crippen LogP) is 3.63. The van der Waals surface area contributed by atoms with Gasteiger partial charge in [0.25, 0.3) is 0 Å². The molecule has 1 aliphatic carbocycles.